The Morgan fingerprint density at radius 1 is 1.50 bits per heavy atom. The lowest BCUT2D eigenvalue weighted by Crippen LogP contribution is -2.18. The normalized spacial score (nSPS) is 17.2. The summed E-state index contributed by atoms with van der Waals surface area (Å²) >= 11 is 3.48. The highest BCUT2D eigenvalue weighted by Crippen LogP contribution is 2.31. The number of nitrogens with two attached hydrogens (primary N) is 1. The summed E-state index contributed by atoms with van der Waals surface area (Å²) in [6, 6.07) is 6.32. The van der Waals surface area contributed by atoms with Crippen LogP contribution < -0.4 is 10.5 Å². The molecular formula is C13H18BrNO. The molecule has 1 fully saturated rings. The SMILES string of the molecule is CC(N)Cc1cc(Br)ccc1OCC1CC1. The van der Waals surface area contributed by atoms with Gasteiger partial charge in [-0.1, -0.05) is 15.9 Å². The Kier molecular flexibility index (Phi) is 3.87. The van der Waals surface area contributed by atoms with Crippen molar-refractivity contribution in [3.05, 3.63) is 28.2 Å². The quantitative estimate of drug-likeness (QED) is 0.901. The van der Waals surface area contributed by atoms with Crippen LogP contribution in [0.25, 0.3) is 0 Å². The molecule has 1 aliphatic carbocycles. The molecule has 0 heterocycles. The average molecular weight is 284 g/mol. The molecule has 1 aromatic carbocycles. The third-order valence-corrected chi connectivity index (χ3v) is 3.23. The maximum Gasteiger partial charge on any atom is 0.122 e. The van der Waals surface area contributed by atoms with Crippen LogP contribution in [-0.2, 0) is 6.42 Å². The Balaban J connectivity index is 2.06. The highest BCUT2D eigenvalue weighted by Gasteiger charge is 2.22. The van der Waals surface area contributed by atoms with E-state index in [1.54, 1.807) is 0 Å². The summed E-state index contributed by atoms with van der Waals surface area (Å²) in [5, 5.41) is 0. The number of hydrogen-bond donors (Lipinski definition) is 1. The van der Waals surface area contributed by atoms with Gasteiger partial charge in [0.2, 0.25) is 0 Å². The second-order valence-corrected chi connectivity index (χ2v) is 5.60. The van der Waals surface area contributed by atoms with Crippen LogP contribution in [0.4, 0.5) is 0 Å². The van der Waals surface area contributed by atoms with Crippen LogP contribution in [0.1, 0.15) is 25.3 Å². The van der Waals surface area contributed by atoms with Crippen molar-refractivity contribution in [3.63, 3.8) is 0 Å². The fraction of sp³-hybridized carbons (Fsp3) is 0.538. The molecule has 16 heavy (non-hydrogen) atoms. The highest BCUT2D eigenvalue weighted by atomic mass is 79.9. The Morgan fingerprint density at radius 3 is 2.88 bits per heavy atom. The highest BCUT2D eigenvalue weighted by molar-refractivity contribution is 9.10. The molecule has 1 saturated carbocycles. The topological polar surface area (TPSA) is 35.2 Å². The first-order valence-electron chi connectivity index (χ1n) is 5.82. The van der Waals surface area contributed by atoms with Crippen molar-refractivity contribution in [3.8, 4) is 5.75 Å². The summed E-state index contributed by atoms with van der Waals surface area (Å²) in [5.41, 5.74) is 7.04. The minimum Gasteiger partial charge on any atom is -0.493 e. The predicted octanol–water partition coefficient (Wildman–Crippen LogP) is 3.13. The molecule has 1 aliphatic rings. The van der Waals surface area contributed by atoms with Gasteiger partial charge in [0, 0.05) is 10.5 Å². The van der Waals surface area contributed by atoms with E-state index in [1.165, 1.54) is 18.4 Å². The summed E-state index contributed by atoms with van der Waals surface area (Å²) in [6.45, 7) is 2.87. The van der Waals surface area contributed by atoms with E-state index in [1.807, 2.05) is 19.1 Å². The zero-order valence-corrected chi connectivity index (χ0v) is 11.2. The lowest BCUT2D eigenvalue weighted by atomic mass is 10.1. The van der Waals surface area contributed by atoms with Crippen molar-refractivity contribution >= 4 is 15.9 Å². The molecule has 0 saturated heterocycles. The zero-order chi connectivity index (χ0) is 11.5. The molecule has 3 heteroatoms. The maximum absolute atomic E-state index is 5.84. The van der Waals surface area contributed by atoms with Crippen LogP contribution >= 0.6 is 15.9 Å². The van der Waals surface area contributed by atoms with Gasteiger partial charge in [0.15, 0.2) is 0 Å². The number of rotatable bonds is 5. The average Bonchev–Trinajstić information content (AvgIpc) is 2.99. The monoisotopic (exact) mass is 283 g/mol. The van der Waals surface area contributed by atoms with E-state index in [0.717, 1.165) is 29.2 Å². The molecule has 1 atom stereocenters. The minimum absolute atomic E-state index is 0.164. The van der Waals surface area contributed by atoms with Gasteiger partial charge in [0.25, 0.3) is 0 Å². The van der Waals surface area contributed by atoms with Gasteiger partial charge in [0.1, 0.15) is 5.75 Å². The largest absolute Gasteiger partial charge is 0.493 e. The van der Waals surface area contributed by atoms with E-state index < -0.39 is 0 Å². The standard InChI is InChI=1S/C13H18BrNO/c1-9(15)6-11-7-12(14)4-5-13(11)16-8-10-2-3-10/h4-5,7,9-10H,2-3,6,8,15H2,1H3. The van der Waals surface area contributed by atoms with Gasteiger partial charge >= 0.3 is 0 Å². The second-order valence-electron chi connectivity index (χ2n) is 4.69. The Hall–Kier alpha value is -0.540. The van der Waals surface area contributed by atoms with Crippen molar-refractivity contribution in [1.29, 1.82) is 0 Å². The van der Waals surface area contributed by atoms with E-state index in [4.69, 9.17) is 10.5 Å². The first kappa shape index (κ1) is 11.9. The number of ether oxygens (including phenoxy) is 1. The molecular weight excluding hydrogens is 266 g/mol. The van der Waals surface area contributed by atoms with Gasteiger partial charge < -0.3 is 10.5 Å². The van der Waals surface area contributed by atoms with Crippen LogP contribution in [0.3, 0.4) is 0 Å². The van der Waals surface area contributed by atoms with Crippen LogP contribution in [0.2, 0.25) is 0 Å². The molecule has 1 aromatic rings. The summed E-state index contributed by atoms with van der Waals surface area (Å²) < 4.78 is 6.93. The zero-order valence-electron chi connectivity index (χ0n) is 9.58. The first-order valence-corrected chi connectivity index (χ1v) is 6.61. The van der Waals surface area contributed by atoms with Crippen LogP contribution in [0, 0.1) is 5.92 Å². The van der Waals surface area contributed by atoms with Crippen molar-refractivity contribution in [1.82, 2.24) is 0 Å². The number of hydrogen-bond acceptors (Lipinski definition) is 2. The van der Waals surface area contributed by atoms with Crippen molar-refractivity contribution in [2.75, 3.05) is 6.61 Å². The summed E-state index contributed by atoms with van der Waals surface area (Å²) in [7, 11) is 0. The van der Waals surface area contributed by atoms with Gasteiger partial charge in [-0.3, -0.25) is 0 Å². The Bertz CT molecular complexity index is 361. The summed E-state index contributed by atoms with van der Waals surface area (Å²) in [6.07, 6.45) is 3.50. The van der Waals surface area contributed by atoms with E-state index in [0.29, 0.717) is 0 Å². The van der Waals surface area contributed by atoms with E-state index in [2.05, 4.69) is 22.0 Å². The van der Waals surface area contributed by atoms with Crippen LogP contribution in [-0.4, -0.2) is 12.6 Å². The third kappa shape index (κ3) is 3.49. The predicted molar refractivity (Wildman–Crippen MR) is 69.7 cm³/mol. The van der Waals surface area contributed by atoms with Gasteiger partial charge in [-0.15, -0.1) is 0 Å². The summed E-state index contributed by atoms with van der Waals surface area (Å²) in [4.78, 5) is 0. The molecule has 1 unspecified atom stereocenters. The van der Waals surface area contributed by atoms with Gasteiger partial charge in [0.05, 0.1) is 6.61 Å². The minimum atomic E-state index is 0.164. The van der Waals surface area contributed by atoms with Crippen molar-refractivity contribution < 1.29 is 4.74 Å². The van der Waals surface area contributed by atoms with E-state index in [-0.39, 0.29) is 6.04 Å². The van der Waals surface area contributed by atoms with E-state index in [9.17, 15) is 0 Å². The first-order chi connectivity index (χ1) is 7.65. The van der Waals surface area contributed by atoms with Gasteiger partial charge in [-0.2, -0.15) is 0 Å². The van der Waals surface area contributed by atoms with Gasteiger partial charge in [-0.05, 0) is 55.9 Å². The fourth-order valence-corrected chi connectivity index (χ4v) is 2.10. The smallest absolute Gasteiger partial charge is 0.122 e. The van der Waals surface area contributed by atoms with E-state index >= 15 is 0 Å². The van der Waals surface area contributed by atoms with Gasteiger partial charge in [-0.25, -0.2) is 0 Å². The molecule has 2 N–H and O–H groups in total. The lowest BCUT2D eigenvalue weighted by molar-refractivity contribution is 0.296. The molecule has 0 aliphatic heterocycles. The Morgan fingerprint density at radius 2 is 2.25 bits per heavy atom. The molecule has 2 rings (SSSR count). The molecule has 88 valence electrons. The second kappa shape index (κ2) is 5.19. The molecule has 0 spiro atoms. The maximum atomic E-state index is 5.84. The van der Waals surface area contributed by atoms with Crippen LogP contribution in [0.15, 0.2) is 22.7 Å². The molecule has 0 amide bonds. The number of benzene rings is 1. The third-order valence-electron chi connectivity index (χ3n) is 2.74. The molecule has 0 aromatic heterocycles. The molecule has 0 radical (unpaired) electrons. The van der Waals surface area contributed by atoms with Crippen LogP contribution in [0.5, 0.6) is 5.75 Å². The van der Waals surface area contributed by atoms with Crippen molar-refractivity contribution in [2.24, 2.45) is 11.7 Å². The molecule has 0 bridgehead atoms. The van der Waals surface area contributed by atoms with Crippen molar-refractivity contribution in [2.45, 2.75) is 32.2 Å². The number of halogens is 1. The lowest BCUT2D eigenvalue weighted by Gasteiger charge is -2.13. The fourth-order valence-electron chi connectivity index (χ4n) is 1.69. The molecule has 2 nitrogen and oxygen atoms in total. The Labute approximate surface area is 105 Å². The summed E-state index contributed by atoms with van der Waals surface area (Å²) in [5.74, 6) is 1.78.